The van der Waals surface area contributed by atoms with Crippen molar-refractivity contribution >= 4 is 11.6 Å². The molecule has 0 amide bonds. The van der Waals surface area contributed by atoms with E-state index in [-0.39, 0.29) is 0 Å². The number of carboxylic acids is 1. The first kappa shape index (κ1) is 13.5. The van der Waals surface area contributed by atoms with Crippen molar-refractivity contribution in [2.75, 3.05) is 7.05 Å². The Labute approximate surface area is 112 Å². The summed E-state index contributed by atoms with van der Waals surface area (Å²) in [7, 11) is 1.82. The Kier molecular flexibility index (Phi) is 3.85. The van der Waals surface area contributed by atoms with Crippen LogP contribution in [0.2, 0.25) is 0 Å². The van der Waals surface area contributed by atoms with Crippen molar-refractivity contribution in [2.45, 2.75) is 32.9 Å². The van der Waals surface area contributed by atoms with Crippen LogP contribution in [-0.4, -0.2) is 38.4 Å². The van der Waals surface area contributed by atoms with Gasteiger partial charge in [-0.15, -0.1) is 0 Å². The van der Waals surface area contributed by atoms with E-state index in [1.54, 1.807) is 0 Å². The van der Waals surface area contributed by atoms with E-state index >= 15 is 0 Å². The molecule has 0 saturated heterocycles. The Morgan fingerprint density at radius 3 is 2.89 bits per heavy atom. The number of pyridine rings is 1. The Morgan fingerprint density at radius 1 is 1.58 bits per heavy atom. The number of hydrogen-bond donors (Lipinski definition) is 1. The molecule has 2 aromatic rings. The summed E-state index contributed by atoms with van der Waals surface area (Å²) in [5.41, 5.74) is 2.92. The third kappa shape index (κ3) is 2.76. The molecule has 2 aromatic heterocycles. The SMILES string of the molecule is CCC(C(=O)O)N(C)Cc1cn2cccc(C)c2n1. The molecule has 2 rings (SSSR count). The zero-order valence-corrected chi connectivity index (χ0v) is 11.5. The molecule has 1 atom stereocenters. The van der Waals surface area contributed by atoms with Crippen molar-refractivity contribution < 1.29 is 9.90 Å². The fraction of sp³-hybridized carbons (Fsp3) is 0.429. The summed E-state index contributed by atoms with van der Waals surface area (Å²) in [6, 6.07) is 3.52. The summed E-state index contributed by atoms with van der Waals surface area (Å²) >= 11 is 0. The van der Waals surface area contributed by atoms with Crippen LogP contribution in [0.1, 0.15) is 24.6 Å². The molecule has 0 saturated carbocycles. The molecule has 5 heteroatoms. The molecule has 0 spiro atoms. The van der Waals surface area contributed by atoms with Crippen molar-refractivity contribution in [3.63, 3.8) is 0 Å². The molecule has 1 unspecified atom stereocenters. The third-order valence-corrected chi connectivity index (χ3v) is 3.34. The van der Waals surface area contributed by atoms with Crippen LogP contribution in [0.4, 0.5) is 0 Å². The molecule has 0 radical (unpaired) electrons. The lowest BCUT2D eigenvalue weighted by atomic mass is 10.2. The second kappa shape index (κ2) is 5.40. The average Bonchev–Trinajstić information content (AvgIpc) is 2.73. The second-order valence-corrected chi connectivity index (χ2v) is 4.83. The van der Waals surface area contributed by atoms with Crippen molar-refractivity contribution in [1.82, 2.24) is 14.3 Å². The van der Waals surface area contributed by atoms with E-state index in [2.05, 4.69) is 4.98 Å². The summed E-state index contributed by atoms with van der Waals surface area (Å²) in [5.74, 6) is -0.787. The van der Waals surface area contributed by atoms with Crippen molar-refractivity contribution in [3.05, 3.63) is 35.8 Å². The zero-order valence-electron chi connectivity index (χ0n) is 11.5. The third-order valence-electron chi connectivity index (χ3n) is 3.34. The normalized spacial score (nSPS) is 13.1. The van der Waals surface area contributed by atoms with Crippen LogP contribution in [0.25, 0.3) is 5.65 Å². The number of fused-ring (bicyclic) bond motifs is 1. The molecule has 2 heterocycles. The molecule has 0 aliphatic rings. The van der Waals surface area contributed by atoms with E-state index in [1.807, 2.05) is 54.7 Å². The van der Waals surface area contributed by atoms with Crippen LogP contribution in [0.3, 0.4) is 0 Å². The van der Waals surface area contributed by atoms with Gasteiger partial charge in [-0.25, -0.2) is 4.98 Å². The van der Waals surface area contributed by atoms with Crippen LogP contribution in [0.15, 0.2) is 24.5 Å². The van der Waals surface area contributed by atoms with Gasteiger partial charge in [-0.3, -0.25) is 9.69 Å². The van der Waals surface area contributed by atoms with Gasteiger partial charge in [0.05, 0.1) is 5.69 Å². The summed E-state index contributed by atoms with van der Waals surface area (Å²) < 4.78 is 1.97. The number of imidazole rings is 1. The highest BCUT2D eigenvalue weighted by Gasteiger charge is 2.21. The van der Waals surface area contributed by atoms with E-state index in [9.17, 15) is 4.79 Å². The van der Waals surface area contributed by atoms with Crippen LogP contribution >= 0.6 is 0 Å². The average molecular weight is 261 g/mol. The number of hydrogen-bond acceptors (Lipinski definition) is 3. The van der Waals surface area contributed by atoms with Gasteiger partial charge in [0, 0.05) is 18.9 Å². The first-order chi connectivity index (χ1) is 9.02. The van der Waals surface area contributed by atoms with E-state index in [0.29, 0.717) is 13.0 Å². The molecule has 0 aromatic carbocycles. The fourth-order valence-corrected chi connectivity index (χ4v) is 2.32. The van der Waals surface area contributed by atoms with Crippen molar-refractivity contribution in [2.24, 2.45) is 0 Å². The maximum atomic E-state index is 11.1. The largest absolute Gasteiger partial charge is 0.480 e. The molecule has 0 aliphatic heterocycles. The van der Waals surface area contributed by atoms with Gasteiger partial charge in [-0.1, -0.05) is 13.0 Å². The number of aromatic nitrogens is 2. The van der Waals surface area contributed by atoms with Crippen LogP contribution in [-0.2, 0) is 11.3 Å². The number of aryl methyl sites for hydroxylation is 1. The molecule has 5 nitrogen and oxygen atoms in total. The van der Waals surface area contributed by atoms with Gasteiger partial charge in [0.1, 0.15) is 11.7 Å². The number of carboxylic acid groups (broad SMARTS) is 1. The maximum absolute atomic E-state index is 11.1. The lowest BCUT2D eigenvalue weighted by Gasteiger charge is -2.22. The van der Waals surface area contributed by atoms with Gasteiger partial charge in [-0.2, -0.15) is 0 Å². The molecular weight excluding hydrogens is 242 g/mol. The monoisotopic (exact) mass is 261 g/mol. The fourth-order valence-electron chi connectivity index (χ4n) is 2.32. The molecule has 0 aliphatic carbocycles. The lowest BCUT2D eigenvalue weighted by molar-refractivity contribution is -0.143. The van der Waals surface area contributed by atoms with Gasteiger partial charge >= 0.3 is 5.97 Å². The molecule has 102 valence electrons. The number of likely N-dealkylation sites (N-methyl/N-ethyl adjacent to an activating group) is 1. The minimum absolute atomic E-state index is 0.467. The number of rotatable bonds is 5. The summed E-state index contributed by atoms with van der Waals surface area (Å²) in [6.07, 6.45) is 4.49. The number of aliphatic carboxylic acids is 1. The standard InChI is InChI=1S/C14H19N3O2/c1-4-12(14(18)19)16(3)8-11-9-17-7-5-6-10(2)13(17)15-11/h5-7,9,12H,4,8H2,1-3H3,(H,18,19). The molecule has 0 fully saturated rings. The van der Waals surface area contributed by atoms with Crippen molar-refractivity contribution in [3.8, 4) is 0 Å². The Bertz CT molecular complexity index is 591. The molecular formula is C14H19N3O2. The van der Waals surface area contributed by atoms with Crippen LogP contribution in [0, 0.1) is 6.92 Å². The van der Waals surface area contributed by atoms with Crippen molar-refractivity contribution in [1.29, 1.82) is 0 Å². The minimum atomic E-state index is -0.787. The predicted molar refractivity (Wildman–Crippen MR) is 73.1 cm³/mol. The number of nitrogens with zero attached hydrogens (tertiary/aromatic N) is 3. The highest BCUT2D eigenvalue weighted by Crippen LogP contribution is 2.13. The Hall–Kier alpha value is -1.88. The van der Waals surface area contributed by atoms with Gasteiger partial charge < -0.3 is 9.51 Å². The maximum Gasteiger partial charge on any atom is 0.320 e. The Morgan fingerprint density at radius 2 is 2.32 bits per heavy atom. The second-order valence-electron chi connectivity index (χ2n) is 4.83. The lowest BCUT2D eigenvalue weighted by Crippen LogP contribution is -2.37. The van der Waals surface area contributed by atoms with Crippen LogP contribution in [0.5, 0.6) is 0 Å². The molecule has 1 N–H and O–H groups in total. The van der Waals surface area contributed by atoms with Gasteiger partial charge in [-0.05, 0) is 32.0 Å². The van der Waals surface area contributed by atoms with E-state index in [1.165, 1.54) is 0 Å². The van der Waals surface area contributed by atoms with Gasteiger partial charge in [0.25, 0.3) is 0 Å². The first-order valence-electron chi connectivity index (χ1n) is 6.39. The van der Waals surface area contributed by atoms with Crippen LogP contribution < -0.4 is 0 Å². The Balaban J connectivity index is 2.21. The van der Waals surface area contributed by atoms with Gasteiger partial charge in [0.15, 0.2) is 0 Å². The topological polar surface area (TPSA) is 57.8 Å². The summed E-state index contributed by atoms with van der Waals surface area (Å²) in [4.78, 5) is 17.5. The molecule has 19 heavy (non-hydrogen) atoms. The van der Waals surface area contributed by atoms with E-state index < -0.39 is 12.0 Å². The summed E-state index contributed by atoms with van der Waals surface area (Å²) in [5, 5.41) is 9.14. The quantitative estimate of drug-likeness (QED) is 0.893. The van der Waals surface area contributed by atoms with Gasteiger partial charge in [0.2, 0.25) is 0 Å². The highest BCUT2D eigenvalue weighted by atomic mass is 16.4. The zero-order chi connectivity index (χ0) is 14.0. The number of carbonyl (C=O) groups is 1. The first-order valence-corrected chi connectivity index (χ1v) is 6.39. The minimum Gasteiger partial charge on any atom is -0.480 e. The summed E-state index contributed by atoms with van der Waals surface area (Å²) in [6.45, 7) is 4.43. The van der Waals surface area contributed by atoms with E-state index in [4.69, 9.17) is 5.11 Å². The smallest absolute Gasteiger partial charge is 0.320 e. The predicted octanol–water partition coefficient (Wildman–Crippen LogP) is 1.94. The highest BCUT2D eigenvalue weighted by molar-refractivity contribution is 5.73. The van der Waals surface area contributed by atoms with E-state index in [0.717, 1.165) is 16.9 Å². The molecule has 0 bridgehead atoms.